The fraction of sp³-hybridized carbons (Fsp3) is 0.406. The molecule has 3 N–H and O–H groups in total. The topological polar surface area (TPSA) is 114 Å². The number of aromatic nitrogens is 4. The van der Waals surface area contributed by atoms with E-state index in [-0.39, 0.29) is 17.9 Å². The number of fused-ring (bicyclic) bond motifs is 2. The Morgan fingerprint density at radius 2 is 1.83 bits per heavy atom. The van der Waals surface area contributed by atoms with Gasteiger partial charge in [-0.3, -0.25) is 25.1 Å². The third kappa shape index (κ3) is 5.16. The summed E-state index contributed by atoms with van der Waals surface area (Å²) in [5.74, 6) is 0.913. The summed E-state index contributed by atoms with van der Waals surface area (Å²) in [6.45, 7) is 6.59. The Morgan fingerprint density at radius 3 is 2.67 bits per heavy atom. The van der Waals surface area contributed by atoms with Gasteiger partial charge in [0, 0.05) is 67.2 Å². The third-order valence-corrected chi connectivity index (χ3v) is 8.84. The maximum atomic E-state index is 12.8. The first-order valence-electron chi connectivity index (χ1n) is 15.0. The SMILES string of the molecule is CC1NCN=C(c2nc3c(N4CCN(C)CC4)cccc3[nH]2)c2cc(-c3cncc(NC(=O)C4CCCC4)c3)cnc21. The summed E-state index contributed by atoms with van der Waals surface area (Å²) in [5.41, 5.74) is 8.26. The predicted molar refractivity (Wildman–Crippen MR) is 166 cm³/mol. The molecular weight excluding hydrogens is 526 g/mol. The van der Waals surface area contributed by atoms with E-state index in [4.69, 9.17) is 15.0 Å². The van der Waals surface area contributed by atoms with Gasteiger partial charge in [0.05, 0.1) is 35.5 Å². The number of para-hydroxylation sites is 1. The fourth-order valence-corrected chi connectivity index (χ4v) is 6.34. The first kappa shape index (κ1) is 26.7. The van der Waals surface area contributed by atoms with Gasteiger partial charge in [-0.15, -0.1) is 0 Å². The normalized spacial score (nSPS) is 19.9. The maximum Gasteiger partial charge on any atom is 0.227 e. The van der Waals surface area contributed by atoms with Crippen molar-refractivity contribution in [3.05, 3.63) is 66.0 Å². The summed E-state index contributed by atoms with van der Waals surface area (Å²) in [4.78, 5) is 40.5. The van der Waals surface area contributed by atoms with Gasteiger partial charge in [0.2, 0.25) is 5.91 Å². The van der Waals surface area contributed by atoms with E-state index < -0.39 is 0 Å². The zero-order valence-corrected chi connectivity index (χ0v) is 24.2. The van der Waals surface area contributed by atoms with Gasteiger partial charge < -0.3 is 20.1 Å². The molecule has 1 aromatic carbocycles. The number of piperazine rings is 1. The highest BCUT2D eigenvalue weighted by molar-refractivity contribution is 6.13. The summed E-state index contributed by atoms with van der Waals surface area (Å²) in [5, 5.41) is 6.53. The van der Waals surface area contributed by atoms with E-state index in [1.54, 1.807) is 6.20 Å². The lowest BCUT2D eigenvalue weighted by Crippen LogP contribution is -2.44. The molecule has 7 rings (SSSR count). The quantitative estimate of drug-likeness (QED) is 0.331. The standard InChI is InChI=1S/C32H37N9O/c1-20-28-25(15-23(17-34-28)22-14-24(18-33-16-22)37-32(42)21-6-3-4-7-21)29(36-19-35-20)31-38-26-8-5-9-27(30(26)39-31)41-12-10-40(2)11-13-41/h5,8-9,14-18,20-21,35H,3-4,6-7,10-13,19H2,1-2H3,(H,37,42)(H,38,39). The van der Waals surface area contributed by atoms with Crippen LogP contribution in [0.25, 0.3) is 22.2 Å². The van der Waals surface area contributed by atoms with Gasteiger partial charge in [-0.2, -0.15) is 0 Å². The van der Waals surface area contributed by atoms with Gasteiger partial charge in [0.15, 0.2) is 5.82 Å². The summed E-state index contributed by atoms with van der Waals surface area (Å²) >= 11 is 0. The van der Waals surface area contributed by atoms with Crippen molar-refractivity contribution in [1.29, 1.82) is 0 Å². The van der Waals surface area contributed by atoms with Crippen LogP contribution in [0.1, 0.15) is 55.7 Å². The van der Waals surface area contributed by atoms with E-state index in [0.717, 1.165) is 103 Å². The molecular formula is C32H37N9O. The number of carbonyl (C=O) groups excluding carboxylic acids is 1. The molecule has 1 saturated carbocycles. The van der Waals surface area contributed by atoms with Crippen molar-refractivity contribution in [3.8, 4) is 11.1 Å². The molecule has 4 aromatic rings. The van der Waals surface area contributed by atoms with Gasteiger partial charge in [0.1, 0.15) is 11.2 Å². The van der Waals surface area contributed by atoms with Crippen molar-refractivity contribution in [2.24, 2.45) is 10.9 Å². The average Bonchev–Trinajstić information content (AvgIpc) is 3.67. The highest BCUT2D eigenvalue weighted by Gasteiger charge is 2.26. The average molecular weight is 564 g/mol. The minimum Gasteiger partial charge on any atom is -0.367 e. The van der Waals surface area contributed by atoms with Crippen LogP contribution >= 0.6 is 0 Å². The lowest BCUT2D eigenvalue weighted by molar-refractivity contribution is -0.119. The number of nitrogens with zero attached hydrogens (tertiary/aromatic N) is 6. The van der Waals surface area contributed by atoms with Crippen LogP contribution in [-0.4, -0.2) is 76.4 Å². The zero-order chi connectivity index (χ0) is 28.6. The number of carbonyl (C=O) groups is 1. The number of anilines is 2. The van der Waals surface area contributed by atoms with Crippen LogP contribution in [0.4, 0.5) is 11.4 Å². The van der Waals surface area contributed by atoms with Crippen LogP contribution in [0.15, 0.2) is 53.9 Å². The molecule has 3 aromatic heterocycles. The van der Waals surface area contributed by atoms with E-state index >= 15 is 0 Å². The van der Waals surface area contributed by atoms with Crippen molar-refractivity contribution >= 4 is 34.0 Å². The summed E-state index contributed by atoms with van der Waals surface area (Å²) in [6, 6.07) is 10.5. The minimum atomic E-state index is 0.0238. The van der Waals surface area contributed by atoms with E-state index in [9.17, 15) is 4.79 Å². The molecule has 0 bridgehead atoms. The molecule has 10 heteroatoms. The van der Waals surface area contributed by atoms with Gasteiger partial charge in [-0.05, 0) is 51.1 Å². The third-order valence-electron chi connectivity index (χ3n) is 8.84. The largest absolute Gasteiger partial charge is 0.367 e. The Hall–Kier alpha value is -4.15. The van der Waals surface area contributed by atoms with Crippen molar-refractivity contribution in [2.75, 3.05) is 50.1 Å². The number of benzene rings is 1. The number of H-pyrrole nitrogens is 1. The van der Waals surface area contributed by atoms with Gasteiger partial charge >= 0.3 is 0 Å². The number of pyridine rings is 2. The van der Waals surface area contributed by atoms with Crippen molar-refractivity contribution in [1.82, 2.24) is 30.2 Å². The molecule has 0 spiro atoms. The molecule has 5 heterocycles. The second kappa shape index (κ2) is 11.3. The molecule has 1 amide bonds. The van der Waals surface area contributed by atoms with Gasteiger partial charge in [0.25, 0.3) is 0 Å². The van der Waals surface area contributed by atoms with Crippen molar-refractivity contribution in [2.45, 2.75) is 38.6 Å². The monoisotopic (exact) mass is 563 g/mol. The molecule has 1 atom stereocenters. The molecule has 2 fully saturated rings. The second-order valence-electron chi connectivity index (χ2n) is 11.7. The summed E-state index contributed by atoms with van der Waals surface area (Å²) < 4.78 is 0. The van der Waals surface area contributed by atoms with Crippen molar-refractivity contribution in [3.63, 3.8) is 0 Å². The number of hydrogen-bond acceptors (Lipinski definition) is 8. The lowest BCUT2D eigenvalue weighted by atomic mass is 9.99. The number of likely N-dealkylation sites (N-methyl/N-ethyl adjacent to an activating group) is 1. The smallest absolute Gasteiger partial charge is 0.227 e. The molecule has 3 aliphatic rings. The number of rotatable bonds is 5. The summed E-state index contributed by atoms with van der Waals surface area (Å²) in [7, 11) is 2.17. The highest BCUT2D eigenvalue weighted by atomic mass is 16.1. The molecule has 10 nitrogen and oxygen atoms in total. The zero-order valence-electron chi connectivity index (χ0n) is 24.2. The van der Waals surface area contributed by atoms with E-state index in [0.29, 0.717) is 12.4 Å². The first-order valence-corrected chi connectivity index (χ1v) is 15.0. The Kier molecular flexibility index (Phi) is 7.17. The second-order valence-corrected chi connectivity index (χ2v) is 11.7. The number of hydrogen-bond donors (Lipinski definition) is 3. The first-order chi connectivity index (χ1) is 20.5. The van der Waals surface area contributed by atoms with Crippen LogP contribution < -0.4 is 15.5 Å². The Bertz CT molecular complexity index is 1650. The van der Waals surface area contributed by atoms with Crippen LogP contribution in [-0.2, 0) is 4.79 Å². The van der Waals surface area contributed by atoms with Crippen LogP contribution in [0, 0.1) is 5.92 Å². The molecule has 42 heavy (non-hydrogen) atoms. The number of amides is 1. The predicted octanol–water partition coefficient (Wildman–Crippen LogP) is 4.36. The molecule has 1 saturated heterocycles. The Labute approximate surface area is 245 Å². The molecule has 1 unspecified atom stereocenters. The highest BCUT2D eigenvalue weighted by Crippen LogP contribution is 2.31. The van der Waals surface area contributed by atoms with E-state index in [1.165, 1.54) is 0 Å². The molecule has 0 radical (unpaired) electrons. The Balaban J connectivity index is 1.23. The number of aromatic amines is 1. The minimum absolute atomic E-state index is 0.0238. The van der Waals surface area contributed by atoms with Crippen LogP contribution in [0.5, 0.6) is 0 Å². The molecule has 1 aliphatic carbocycles. The van der Waals surface area contributed by atoms with Gasteiger partial charge in [-0.1, -0.05) is 18.9 Å². The van der Waals surface area contributed by atoms with Gasteiger partial charge in [-0.25, -0.2) is 4.98 Å². The van der Waals surface area contributed by atoms with E-state index in [1.807, 2.05) is 18.5 Å². The number of imidazole rings is 1. The number of aliphatic imine (C=N–C) groups is 1. The summed E-state index contributed by atoms with van der Waals surface area (Å²) in [6.07, 6.45) is 9.56. The van der Waals surface area contributed by atoms with Crippen LogP contribution in [0.2, 0.25) is 0 Å². The molecule has 2 aliphatic heterocycles. The van der Waals surface area contributed by atoms with Crippen LogP contribution in [0.3, 0.4) is 0 Å². The van der Waals surface area contributed by atoms with E-state index in [2.05, 4.69) is 68.6 Å². The Morgan fingerprint density at radius 1 is 1.02 bits per heavy atom. The fourth-order valence-electron chi connectivity index (χ4n) is 6.34. The number of nitrogens with one attached hydrogen (secondary N) is 3. The van der Waals surface area contributed by atoms with Crippen molar-refractivity contribution < 1.29 is 4.79 Å². The molecule has 216 valence electrons. The lowest BCUT2D eigenvalue weighted by Gasteiger charge is -2.34. The maximum absolute atomic E-state index is 12.8.